The largest absolute Gasteiger partial charge is 0.330 e. The van der Waals surface area contributed by atoms with Crippen LogP contribution in [0.1, 0.15) is 19.4 Å². The number of aliphatic imine (C=N–C) groups is 1. The molecule has 0 unspecified atom stereocenters. The highest BCUT2D eigenvalue weighted by atomic mass is 15.2. The van der Waals surface area contributed by atoms with Crippen molar-refractivity contribution in [2.75, 3.05) is 24.5 Å². The zero-order valence-electron chi connectivity index (χ0n) is 10.7. The molecule has 2 rings (SSSR count). The summed E-state index contributed by atoms with van der Waals surface area (Å²) in [6.07, 6.45) is 0.929. The number of hydrogen-bond acceptors (Lipinski definition) is 3. The maximum atomic E-state index is 5.67. The number of nitrogens with two attached hydrogens (primary N) is 1. The van der Waals surface area contributed by atoms with Crippen molar-refractivity contribution in [1.82, 2.24) is 0 Å². The maximum absolute atomic E-state index is 5.67. The Morgan fingerprint density at radius 1 is 1.35 bits per heavy atom. The number of anilines is 1. The van der Waals surface area contributed by atoms with E-state index < -0.39 is 0 Å². The monoisotopic (exact) mass is 231 g/mol. The molecular formula is C14H21N3. The van der Waals surface area contributed by atoms with Gasteiger partial charge in [-0.1, -0.05) is 32.0 Å². The molecule has 0 spiro atoms. The van der Waals surface area contributed by atoms with Gasteiger partial charge in [-0.25, -0.2) is 0 Å². The summed E-state index contributed by atoms with van der Waals surface area (Å²) in [5.74, 6) is 1.68. The standard InChI is InChI=1S/C14H21N3/c1-11(2)14-16-9-10-17(14)13-6-4-3-5-12(13)7-8-15/h3-6,11H,7-10,15H2,1-2H3. The van der Waals surface area contributed by atoms with Crippen molar-refractivity contribution in [1.29, 1.82) is 0 Å². The Kier molecular flexibility index (Phi) is 3.79. The number of para-hydroxylation sites is 1. The molecule has 3 nitrogen and oxygen atoms in total. The Hall–Kier alpha value is -1.35. The molecule has 92 valence electrons. The SMILES string of the molecule is CC(C)C1=NCCN1c1ccccc1CCN. The van der Waals surface area contributed by atoms with Crippen molar-refractivity contribution in [2.45, 2.75) is 20.3 Å². The molecule has 1 aliphatic rings. The summed E-state index contributed by atoms with van der Waals surface area (Å²) in [4.78, 5) is 6.95. The average Bonchev–Trinajstić information content (AvgIpc) is 2.79. The summed E-state index contributed by atoms with van der Waals surface area (Å²) in [6, 6.07) is 8.51. The molecule has 0 radical (unpaired) electrons. The van der Waals surface area contributed by atoms with Crippen LogP contribution in [0.2, 0.25) is 0 Å². The highest BCUT2D eigenvalue weighted by molar-refractivity contribution is 6.01. The molecule has 1 aliphatic heterocycles. The van der Waals surface area contributed by atoms with Crippen LogP contribution in [0.3, 0.4) is 0 Å². The summed E-state index contributed by atoms with van der Waals surface area (Å²) in [7, 11) is 0. The minimum atomic E-state index is 0.475. The Labute approximate surface area is 103 Å². The third kappa shape index (κ3) is 2.50. The summed E-state index contributed by atoms with van der Waals surface area (Å²) in [6.45, 7) is 6.99. The Bertz CT molecular complexity index is 410. The van der Waals surface area contributed by atoms with Crippen molar-refractivity contribution >= 4 is 11.5 Å². The Morgan fingerprint density at radius 2 is 2.12 bits per heavy atom. The normalized spacial score (nSPS) is 15.5. The quantitative estimate of drug-likeness (QED) is 0.862. The molecule has 0 fully saturated rings. The van der Waals surface area contributed by atoms with E-state index in [1.54, 1.807) is 0 Å². The van der Waals surface area contributed by atoms with Crippen LogP contribution in [0.5, 0.6) is 0 Å². The van der Waals surface area contributed by atoms with Crippen molar-refractivity contribution in [3.63, 3.8) is 0 Å². The van der Waals surface area contributed by atoms with E-state index in [1.807, 2.05) is 0 Å². The van der Waals surface area contributed by atoms with E-state index in [9.17, 15) is 0 Å². The molecule has 0 atom stereocenters. The van der Waals surface area contributed by atoms with E-state index in [0.717, 1.165) is 19.5 Å². The van der Waals surface area contributed by atoms with Crippen molar-refractivity contribution < 1.29 is 0 Å². The second-order valence-electron chi connectivity index (χ2n) is 4.71. The molecule has 0 saturated carbocycles. The van der Waals surface area contributed by atoms with E-state index in [4.69, 9.17) is 5.73 Å². The van der Waals surface area contributed by atoms with E-state index in [2.05, 4.69) is 48.0 Å². The Balaban J connectivity index is 2.31. The van der Waals surface area contributed by atoms with E-state index in [1.165, 1.54) is 17.1 Å². The van der Waals surface area contributed by atoms with Crippen LogP contribution in [0, 0.1) is 5.92 Å². The van der Waals surface area contributed by atoms with Gasteiger partial charge in [-0.05, 0) is 24.6 Å². The minimum absolute atomic E-state index is 0.475. The summed E-state index contributed by atoms with van der Waals surface area (Å²) < 4.78 is 0. The van der Waals surface area contributed by atoms with Crippen LogP contribution in [-0.4, -0.2) is 25.5 Å². The molecule has 1 aromatic rings. The molecular weight excluding hydrogens is 210 g/mol. The second kappa shape index (κ2) is 5.32. The molecule has 1 aromatic carbocycles. The van der Waals surface area contributed by atoms with Crippen LogP contribution in [0.15, 0.2) is 29.3 Å². The lowest BCUT2D eigenvalue weighted by Gasteiger charge is -2.25. The fourth-order valence-electron chi connectivity index (χ4n) is 2.34. The Morgan fingerprint density at radius 3 is 2.82 bits per heavy atom. The molecule has 0 amide bonds. The topological polar surface area (TPSA) is 41.6 Å². The number of benzene rings is 1. The lowest BCUT2D eigenvalue weighted by Crippen LogP contribution is -2.32. The minimum Gasteiger partial charge on any atom is -0.330 e. The van der Waals surface area contributed by atoms with Gasteiger partial charge in [-0.3, -0.25) is 4.99 Å². The van der Waals surface area contributed by atoms with Crippen LogP contribution in [0.4, 0.5) is 5.69 Å². The van der Waals surface area contributed by atoms with Gasteiger partial charge in [-0.15, -0.1) is 0 Å². The molecule has 0 aromatic heterocycles. The van der Waals surface area contributed by atoms with E-state index in [0.29, 0.717) is 12.5 Å². The highest BCUT2D eigenvalue weighted by Crippen LogP contribution is 2.25. The fourth-order valence-corrected chi connectivity index (χ4v) is 2.34. The van der Waals surface area contributed by atoms with Gasteiger partial charge in [0.1, 0.15) is 5.84 Å². The van der Waals surface area contributed by atoms with Gasteiger partial charge >= 0.3 is 0 Å². The average molecular weight is 231 g/mol. The van der Waals surface area contributed by atoms with Crippen molar-refractivity contribution in [2.24, 2.45) is 16.6 Å². The molecule has 2 N–H and O–H groups in total. The van der Waals surface area contributed by atoms with Gasteiger partial charge in [0.25, 0.3) is 0 Å². The van der Waals surface area contributed by atoms with Crippen LogP contribution in [-0.2, 0) is 6.42 Å². The molecule has 0 bridgehead atoms. The van der Waals surface area contributed by atoms with Gasteiger partial charge in [0.05, 0.1) is 6.54 Å². The third-order valence-electron chi connectivity index (χ3n) is 3.09. The zero-order chi connectivity index (χ0) is 12.3. The lowest BCUT2D eigenvalue weighted by atomic mass is 10.1. The summed E-state index contributed by atoms with van der Waals surface area (Å²) >= 11 is 0. The lowest BCUT2D eigenvalue weighted by molar-refractivity contribution is 0.860. The van der Waals surface area contributed by atoms with E-state index in [-0.39, 0.29) is 0 Å². The van der Waals surface area contributed by atoms with E-state index >= 15 is 0 Å². The number of nitrogens with zero attached hydrogens (tertiary/aromatic N) is 2. The molecule has 1 heterocycles. The van der Waals surface area contributed by atoms with Crippen LogP contribution in [0.25, 0.3) is 0 Å². The number of amidine groups is 1. The zero-order valence-corrected chi connectivity index (χ0v) is 10.7. The van der Waals surface area contributed by atoms with Crippen LogP contribution < -0.4 is 10.6 Å². The van der Waals surface area contributed by atoms with Gasteiger partial charge in [0.15, 0.2) is 0 Å². The van der Waals surface area contributed by atoms with Gasteiger partial charge in [0, 0.05) is 18.2 Å². The third-order valence-corrected chi connectivity index (χ3v) is 3.09. The van der Waals surface area contributed by atoms with Crippen molar-refractivity contribution in [3.05, 3.63) is 29.8 Å². The first-order valence-electron chi connectivity index (χ1n) is 6.34. The maximum Gasteiger partial charge on any atom is 0.106 e. The van der Waals surface area contributed by atoms with Gasteiger partial charge < -0.3 is 10.6 Å². The van der Waals surface area contributed by atoms with Gasteiger partial charge in [-0.2, -0.15) is 0 Å². The summed E-state index contributed by atoms with van der Waals surface area (Å²) in [5, 5.41) is 0. The van der Waals surface area contributed by atoms with Gasteiger partial charge in [0.2, 0.25) is 0 Å². The first kappa shape index (κ1) is 12.1. The first-order chi connectivity index (χ1) is 8.24. The molecule has 3 heteroatoms. The number of hydrogen-bond donors (Lipinski definition) is 1. The molecule has 0 aliphatic carbocycles. The van der Waals surface area contributed by atoms with Crippen LogP contribution >= 0.6 is 0 Å². The summed E-state index contributed by atoms with van der Waals surface area (Å²) in [5.41, 5.74) is 8.28. The van der Waals surface area contributed by atoms with Crippen molar-refractivity contribution in [3.8, 4) is 0 Å². The second-order valence-corrected chi connectivity index (χ2v) is 4.71. The molecule has 17 heavy (non-hydrogen) atoms. The first-order valence-corrected chi connectivity index (χ1v) is 6.34. The predicted molar refractivity (Wildman–Crippen MR) is 73.7 cm³/mol. The molecule has 0 saturated heterocycles. The smallest absolute Gasteiger partial charge is 0.106 e. The highest BCUT2D eigenvalue weighted by Gasteiger charge is 2.22. The number of rotatable bonds is 4. The fraction of sp³-hybridized carbons (Fsp3) is 0.500. The predicted octanol–water partition coefficient (Wildman–Crippen LogP) is 2.06.